The quantitative estimate of drug-likeness (QED) is 0.381. The number of aliphatic imine (C=N–C) groups is 1. The van der Waals surface area contributed by atoms with Gasteiger partial charge in [0.2, 0.25) is 0 Å². The smallest absolute Gasteiger partial charge is 0.191 e. The third-order valence-corrected chi connectivity index (χ3v) is 4.26. The number of nitrogens with one attached hydrogen (secondary N) is 3. The highest BCUT2D eigenvalue weighted by Crippen LogP contribution is 2.21. The summed E-state index contributed by atoms with van der Waals surface area (Å²) in [4.78, 5) is 7.83. The van der Waals surface area contributed by atoms with Crippen molar-refractivity contribution in [3.05, 3.63) is 35.5 Å². The monoisotopic (exact) mass is 374 g/mol. The molecule has 0 fully saturated rings. The Bertz CT molecular complexity index is 724. The first-order valence-electron chi connectivity index (χ1n) is 9.84. The Balaban J connectivity index is 1.83. The van der Waals surface area contributed by atoms with E-state index in [0.29, 0.717) is 25.7 Å². The Labute approximate surface area is 162 Å². The number of benzene rings is 1. The fourth-order valence-electron chi connectivity index (χ4n) is 2.92. The van der Waals surface area contributed by atoms with E-state index >= 15 is 0 Å². The lowest BCUT2D eigenvalue weighted by Crippen LogP contribution is -2.39. The second-order valence-corrected chi connectivity index (χ2v) is 7.29. The average Bonchev–Trinajstić information content (AvgIpc) is 3.04. The normalized spacial score (nSPS) is 13.3. The maximum atomic E-state index is 10.0. The SMILES string of the molecule is CCNC(=NCC(O)COCC(C)C)NCCc1c[nH]c2c(C)cccc12. The molecule has 2 aromatic rings. The van der Waals surface area contributed by atoms with Crippen molar-refractivity contribution in [3.63, 3.8) is 0 Å². The Morgan fingerprint density at radius 1 is 1.26 bits per heavy atom. The molecule has 0 bridgehead atoms. The summed E-state index contributed by atoms with van der Waals surface area (Å²) in [6.07, 6.45) is 2.39. The predicted octanol–water partition coefficient (Wildman–Crippen LogP) is 2.61. The molecule has 0 amide bonds. The van der Waals surface area contributed by atoms with Crippen LogP contribution in [0.15, 0.2) is 29.4 Å². The second kappa shape index (κ2) is 10.9. The zero-order chi connectivity index (χ0) is 19.6. The van der Waals surface area contributed by atoms with Crippen LogP contribution in [0, 0.1) is 12.8 Å². The fourth-order valence-corrected chi connectivity index (χ4v) is 2.92. The third kappa shape index (κ3) is 6.88. The molecule has 1 aromatic heterocycles. The van der Waals surface area contributed by atoms with Crippen LogP contribution in [0.25, 0.3) is 10.9 Å². The van der Waals surface area contributed by atoms with Crippen LogP contribution in [0.5, 0.6) is 0 Å². The van der Waals surface area contributed by atoms with E-state index in [2.05, 4.69) is 65.8 Å². The number of para-hydroxylation sites is 1. The highest BCUT2D eigenvalue weighted by molar-refractivity contribution is 5.86. The summed E-state index contributed by atoms with van der Waals surface area (Å²) in [7, 11) is 0. The predicted molar refractivity (Wildman–Crippen MR) is 112 cm³/mol. The number of aliphatic hydroxyl groups is 1. The number of ether oxygens (including phenoxy) is 1. The molecule has 0 aliphatic rings. The van der Waals surface area contributed by atoms with Crippen LogP contribution < -0.4 is 10.6 Å². The molecule has 0 aliphatic carbocycles. The number of rotatable bonds is 10. The summed E-state index contributed by atoms with van der Waals surface area (Å²) in [5.74, 6) is 1.18. The molecule has 1 aromatic carbocycles. The summed E-state index contributed by atoms with van der Waals surface area (Å²) < 4.78 is 5.47. The Kier molecular flexibility index (Phi) is 8.61. The van der Waals surface area contributed by atoms with Gasteiger partial charge in [-0.3, -0.25) is 4.99 Å². The van der Waals surface area contributed by atoms with Gasteiger partial charge < -0.3 is 25.5 Å². The second-order valence-electron chi connectivity index (χ2n) is 7.29. The molecular formula is C21H34N4O2. The van der Waals surface area contributed by atoms with Gasteiger partial charge in [0.05, 0.1) is 19.3 Å². The Morgan fingerprint density at radius 2 is 2.07 bits per heavy atom. The van der Waals surface area contributed by atoms with E-state index in [1.807, 2.05) is 6.92 Å². The number of aliphatic hydroxyl groups excluding tert-OH is 1. The summed E-state index contributed by atoms with van der Waals surface area (Å²) in [5, 5.41) is 17.8. The molecule has 0 aliphatic heterocycles. The summed E-state index contributed by atoms with van der Waals surface area (Å²) in [6.45, 7) is 11.2. The number of H-pyrrole nitrogens is 1. The molecule has 150 valence electrons. The lowest BCUT2D eigenvalue weighted by molar-refractivity contribution is 0.0301. The Hall–Kier alpha value is -2.05. The van der Waals surface area contributed by atoms with Gasteiger partial charge in [0, 0.05) is 36.8 Å². The molecule has 0 spiro atoms. The van der Waals surface area contributed by atoms with Gasteiger partial charge >= 0.3 is 0 Å². The molecule has 1 heterocycles. The molecule has 1 unspecified atom stereocenters. The number of nitrogens with zero attached hydrogens (tertiary/aromatic N) is 1. The molecule has 27 heavy (non-hydrogen) atoms. The number of aromatic amines is 1. The van der Waals surface area contributed by atoms with Crippen molar-refractivity contribution in [2.45, 2.75) is 40.2 Å². The maximum absolute atomic E-state index is 10.0. The lowest BCUT2D eigenvalue weighted by Gasteiger charge is -2.14. The average molecular weight is 375 g/mol. The van der Waals surface area contributed by atoms with Crippen molar-refractivity contribution in [2.24, 2.45) is 10.9 Å². The molecule has 6 nitrogen and oxygen atoms in total. The molecular weight excluding hydrogens is 340 g/mol. The largest absolute Gasteiger partial charge is 0.389 e. The van der Waals surface area contributed by atoms with E-state index in [-0.39, 0.29) is 0 Å². The number of hydrogen-bond donors (Lipinski definition) is 4. The van der Waals surface area contributed by atoms with Crippen molar-refractivity contribution >= 4 is 16.9 Å². The molecule has 2 rings (SSSR count). The number of fused-ring (bicyclic) bond motifs is 1. The topological polar surface area (TPSA) is 81.7 Å². The molecule has 0 saturated carbocycles. The minimum Gasteiger partial charge on any atom is -0.389 e. The highest BCUT2D eigenvalue weighted by atomic mass is 16.5. The van der Waals surface area contributed by atoms with Gasteiger partial charge in [-0.1, -0.05) is 32.0 Å². The third-order valence-electron chi connectivity index (χ3n) is 4.26. The zero-order valence-electron chi connectivity index (χ0n) is 17.0. The lowest BCUT2D eigenvalue weighted by atomic mass is 10.1. The minimum absolute atomic E-state index is 0.315. The van der Waals surface area contributed by atoms with Gasteiger partial charge in [0.1, 0.15) is 0 Å². The van der Waals surface area contributed by atoms with E-state index in [4.69, 9.17) is 4.74 Å². The molecule has 0 saturated heterocycles. The number of guanidine groups is 1. The molecule has 1 atom stereocenters. The van der Waals surface area contributed by atoms with Gasteiger partial charge in [-0.05, 0) is 37.3 Å². The van der Waals surface area contributed by atoms with Crippen LogP contribution >= 0.6 is 0 Å². The van der Waals surface area contributed by atoms with Crippen molar-refractivity contribution in [1.29, 1.82) is 0 Å². The molecule has 0 radical (unpaired) electrons. The van der Waals surface area contributed by atoms with Gasteiger partial charge in [-0.25, -0.2) is 0 Å². The van der Waals surface area contributed by atoms with Gasteiger partial charge in [0.15, 0.2) is 5.96 Å². The van der Waals surface area contributed by atoms with E-state index in [1.165, 1.54) is 22.0 Å². The van der Waals surface area contributed by atoms with E-state index in [9.17, 15) is 5.11 Å². The first-order chi connectivity index (χ1) is 13.0. The van der Waals surface area contributed by atoms with Gasteiger partial charge in [0.25, 0.3) is 0 Å². The zero-order valence-corrected chi connectivity index (χ0v) is 17.0. The maximum Gasteiger partial charge on any atom is 0.191 e. The number of aryl methyl sites for hydroxylation is 1. The van der Waals surface area contributed by atoms with Gasteiger partial charge in [-0.2, -0.15) is 0 Å². The summed E-state index contributed by atoms with van der Waals surface area (Å²) in [5.41, 5.74) is 3.76. The van der Waals surface area contributed by atoms with Crippen LogP contribution in [-0.2, 0) is 11.2 Å². The van der Waals surface area contributed by atoms with Crippen LogP contribution in [0.4, 0.5) is 0 Å². The van der Waals surface area contributed by atoms with E-state index in [0.717, 1.165) is 25.5 Å². The first-order valence-corrected chi connectivity index (χ1v) is 9.84. The van der Waals surface area contributed by atoms with Crippen molar-refractivity contribution in [2.75, 3.05) is 32.8 Å². The van der Waals surface area contributed by atoms with Crippen LogP contribution in [0.1, 0.15) is 31.9 Å². The molecule has 4 N–H and O–H groups in total. The summed E-state index contributed by atoms with van der Waals surface area (Å²) in [6, 6.07) is 6.37. The van der Waals surface area contributed by atoms with Crippen LogP contribution in [0.2, 0.25) is 0 Å². The van der Waals surface area contributed by atoms with Crippen LogP contribution in [0.3, 0.4) is 0 Å². The number of aromatic nitrogens is 1. The molecule has 6 heteroatoms. The minimum atomic E-state index is -0.587. The van der Waals surface area contributed by atoms with Crippen molar-refractivity contribution < 1.29 is 9.84 Å². The van der Waals surface area contributed by atoms with E-state index < -0.39 is 6.10 Å². The number of hydrogen-bond acceptors (Lipinski definition) is 3. The van der Waals surface area contributed by atoms with Gasteiger partial charge in [-0.15, -0.1) is 0 Å². The highest BCUT2D eigenvalue weighted by Gasteiger charge is 2.07. The summed E-state index contributed by atoms with van der Waals surface area (Å²) >= 11 is 0. The van der Waals surface area contributed by atoms with Crippen molar-refractivity contribution in [1.82, 2.24) is 15.6 Å². The first kappa shape index (κ1) is 21.3. The fraction of sp³-hybridized carbons (Fsp3) is 0.571. The Morgan fingerprint density at radius 3 is 2.81 bits per heavy atom. The van der Waals surface area contributed by atoms with Crippen molar-refractivity contribution in [3.8, 4) is 0 Å². The van der Waals surface area contributed by atoms with E-state index in [1.54, 1.807) is 0 Å². The van der Waals surface area contributed by atoms with Crippen LogP contribution in [-0.4, -0.2) is 55.0 Å². The standard InChI is InChI=1S/C21H34N4O2/c1-5-22-21(25-12-18(26)14-27-13-15(2)3)23-10-9-17-11-24-20-16(4)7-6-8-19(17)20/h6-8,11,15,18,24,26H,5,9-10,12-14H2,1-4H3,(H2,22,23,25).